The van der Waals surface area contributed by atoms with E-state index in [2.05, 4.69) is 24.0 Å². The summed E-state index contributed by atoms with van der Waals surface area (Å²) in [6.07, 6.45) is 1.27. The smallest absolute Gasteiger partial charge is 0.107 e. The minimum absolute atomic E-state index is 0.491. The molecule has 2 rings (SSSR count). The SMILES string of the molecule is Cc1ccccc1Sc1ncccc1C(C)O. The quantitative estimate of drug-likeness (QED) is 0.897. The number of pyridine rings is 1. The average molecular weight is 245 g/mol. The molecular weight excluding hydrogens is 230 g/mol. The van der Waals surface area contributed by atoms with E-state index >= 15 is 0 Å². The lowest BCUT2D eigenvalue weighted by atomic mass is 10.2. The standard InChI is InChI=1S/C14H15NOS/c1-10-6-3-4-8-13(10)17-14-12(11(2)16)7-5-9-15-14/h3-9,11,16H,1-2H3. The van der Waals surface area contributed by atoms with Crippen molar-refractivity contribution in [2.75, 3.05) is 0 Å². The van der Waals surface area contributed by atoms with Crippen molar-refractivity contribution in [3.63, 3.8) is 0 Å². The van der Waals surface area contributed by atoms with Crippen LogP contribution >= 0.6 is 11.8 Å². The Labute approximate surface area is 106 Å². The van der Waals surface area contributed by atoms with Gasteiger partial charge in [-0.15, -0.1) is 0 Å². The molecule has 0 saturated carbocycles. The molecule has 0 aliphatic heterocycles. The van der Waals surface area contributed by atoms with Crippen molar-refractivity contribution in [2.24, 2.45) is 0 Å². The van der Waals surface area contributed by atoms with Gasteiger partial charge in [0.1, 0.15) is 5.03 Å². The Balaban J connectivity index is 2.34. The lowest BCUT2D eigenvalue weighted by Crippen LogP contribution is -1.96. The lowest BCUT2D eigenvalue weighted by Gasteiger charge is -2.11. The van der Waals surface area contributed by atoms with Gasteiger partial charge in [0.2, 0.25) is 0 Å². The van der Waals surface area contributed by atoms with Crippen molar-refractivity contribution in [1.29, 1.82) is 0 Å². The van der Waals surface area contributed by atoms with Gasteiger partial charge < -0.3 is 5.11 Å². The van der Waals surface area contributed by atoms with Crippen LogP contribution in [0.2, 0.25) is 0 Å². The summed E-state index contributed by atoms with van der Waals surface area (Å²) < 4.78 is 0. The maximum atomic E-state index is 9.70. The van der Waals surface area contributed by atoms with Crippen molar-refractivity contribution in [1.82, 2.24) is 4.98 Å². The van der Waals surface area contributed by atoms with Crippen LogP contribution in [-0.2, 0) is 0 Å². The van der Waals surface area contributed by atoms with E-state index in [-0.39, 0.29) is 0 Å². The Morgan fingerprint density at radius 1 is 1.18 bits per heavy atom. The van der Waals surface area contributed by atoms with Crippen LogP contribution in [0.4, 0.5) is 0 Å². The number of aromatic nitrogens is 1. The summed E-state index contributed by atoms with van der Waals surface area (Å²) in [4.78, 5) is 5.51. The first-order valence-corrected chi connectivity index (χ1v) is 6.36. The summed E-state index contributed by atoms with van der Waals surface area (Å²) in [5.41, 5.74) is 2.10. The molecule has 0 aliphatic carbocycles. The molecule has 0 aliphatic rings. The number of hydrogen-bond donors (Lipinski definition) is 1. The molecule has 1 aromatic heterocycles. The monoisotopic (exact) mass is 245 g/mol. The molecule has 1 unspecified atom stereocenters. The number of aryl methyl sites for hydroxylation is 1. The number of nitrogens with zero attached hydrogens (tertiary/aromatic N) is 1. The van der Waals surface area contributed by atoms with Gasteiger partial charge in [-0.2, -0.15) is 0 Å². The highest BCUT2D eigenvalue weighted by atomic mass is 32.2. The molecule has 0 radical (unpaired) electrons. The third kappa shape index (κ3) is 2.87. The fraction of sp³-hybridized carbons (Fsp3) is 0.214. The molecule has 0 bridgehead atoms. The zero-order chi connectivity index (χ0) is 12.3. The van der Waals surface area contributed by atoms with Gasteiger partial charge in [-0.05, 0) is 31.5 Å². The van der Waals surface area contributed by atoms with Gasteiger partial charge in [0.05, 0.1) is 6.10 Å². The maximum absolute atomic E-state index is 9.70. The Hall–Kier alpha value is -1.32. The van der Waals surface area contributed by atoms with Gasteiger partial charge in [0, 0.05) is 16.7 Å². The van der Waals surface area contributed by atoms with Crippen LogP contribution < -0.4 is 0 Å². The zero-order valence-electron chi connectivity index (χ0n) is 9.92. The lowest BCUT2D eigenvalue weighted by molar-refractivity contribution is 0.195. The molecule has 3 heteroatoms. The van der Waals surface area contributed by atoms with E-state index in [4.69, 9.17) is 0 Å². The third-order valence-electron chi connectivity index (χ3n) is 2.55. The summed E-state index contributed by atoms with van der Waals surface area (Å²) in [6, 6.07) is 11.9. The van der Waals surface area contributed by atoms with Crippen LogP contribution in [-0.4, -0.2) is 10.1 Å². The second-order valence-electron chi connectivity index (χ2n) is 3.94. The summed E-state index contributed by atoms with van der Waals surface area (Å²) in [7, 11) is 0. The van der Waals surface area contributed by atoms with Crippen LogP contribution in [0.25, 0.3) is 0 Å². The second kappa shape index (κ2) is 5.34. The summed E-state index contributed by atoms with van der Waals surface area (Å²) >= 11 is 1.60. The maximum Gasteiger partial charge on any atom is 0.107 e. The fourth-order valence-electron chi connectivity index (χ4n) is 1.58. The number of benzene rings is 1. The first-order valence-electron chi connectivity index (χ1n) is 5.55. The van der Waals surface area contributed by atoms with Gasteiger partial charge in [-0.25, -0.2) is 4.98 Å². The molecular formula is C14H15NOS. The predicted octanol–water partition coefficient (Wildman–Crippen LogP) is 3.59. The fourth-order valence-corrected chi connectivity index (χ4v) is 2.64. The summed E-state index contributed by atoms with van der Waals surface area (Å²) in [5, 5.41) is 10.6. The van der Waals surface area contributed by atoms with E-state index in [1.165, 1.54) is 10.5 Å². The summed E-state index contributed by atoms with van der Waals surface area (Å²) in [5.74, 6) is 0. The Morgan fingerprint density at radius 3 is 2.65 bits per heavy atom. The molecule has 1 atom stereocenters. The Bertz CT molecular complexity index is 511. The first-order chi connectivity index (χ1) is 8.18. The molecule has 1 N–H and O–H groups in total. The average Bonchev–Trinajstić information content (AvgIpc) is 2.32. The van der Waals surface area contributed by atoms with E-state index < -0.39 is 6.10 Å². The predicted molar refractivity (Wildman–Crippen MR) is 70.2 cm³/mol. The van der Waals surface area contributed by atoms with Crippen molar-refractivity contribution < 1.29 is 5.11 Å². The van der Waals surface area contributed by atoms with Gasteiger partial charge in [-0.3, -0.25) is 0 Å². The van der Waals surface area contributed by atoms with Crippen LogP contribution in [0.1, 0.15) is 24.2 Å². The number of hydrogen-bond acceptors (Lipinski definition) is 3. The number of aliphatic hydroxyl groups is 1. The summed E-state index contributed by atoms with van der Waals surface area (Å²) in [6.45, 7) is 3.84. The van der Waals surface area contributed by atoms with E-state index in [0.29, 0.717) is 0 Å². The largest absolute Gasteiger partial charge is 0.389 e. The molecule has 0 fully saturated rings. The Morgan fingerprint density at radius 2 is 1.94 bits per heavy atom. The highest BCUT2D eigenvalue weighted by Gasteiger charge is 2.10. The molecule has 0 spiro atoms. The highest BCUT2D eigenvalue weighted by Crippen LogP contribution is 2.32. The van der Waals surface area contributed by atoms with Crippen molar-refractivity contribution >= 4 is 11.8 Å². The van der Waals surface area contributed by atoms with Crippen LogP contribution in [0, 0.1) is 6.92 Å². The van der Waals surface area contributed by atoms with E-state index in [9.17, 15) is 5.11 Å². The van der Waals surface area contributed by atoms with E-state index in [0.717, 1.165) is 10.6 Å². The molecule has 0 amide bonds. The van der Waals surface area contributed by atoms with Gasteiger partial charge in [0.15, 0.2) is 0 Å². The zero-order valence-corrected chi connectivity index (χ0v) is 10.7. The van der Waals surface area contributed by atoms with Gasteiger partial charge >= 0.3 is 0 Å². The molecule has 17 heavy (non-hydrogen) atoms. The van der Waals surface area contributed by atoms with E-state index in [1.807, 2.05) is 24.3 Å². The minimum atomic E-state index is -0.491. The van der Waals surface area contributed by atoms with Crippen molar-refractivity contribution in [2.45, 2.75) is 29.9 Å². The highest BCUT2D eigenvalue weighted by molar-refractivity contribution is 7.99. The van der Waals surface area contributed by atoms with Gasteiger partial charge in [0.25, 0.3) is 0 Å². The molecule has 0 saturated heterocycles. The first kappa shape index (κ1) is 12.1. The second-order valence-corrected chi connectivity index (χ2v) is 4.97. The molecule has 2 nitrogen and oxygen atoms in total. The number of rotatable bonds is 3. The molecule has 2 aromatic rings. The Kier molecular flexibility index (Phi) is 3.82. The van der Waals surface area contributed by atoms with Crippen molar-refractivity contribution in [3.8, 4) is 0 Å². The topological polar surface area (TPSA) is 33.1 Å². The third-order valence-corrected chi connectivity index (χ3v) is 3.76. The molecule has 1 heterocycles. The molecule has 1 aromatic carbocycles. The minimum Gasteiger partial charge on any atom is -0.389 e. The molecule has 88 valence electrons. The number of aliphatic hydroxyl groups excluding tert-OH is 1. The van der Waals surface area contributed by atoms with Crippen LogP contribution in [0.3, 0.4) is 0 Å². The normalized spacial score (nSPS) is 12.4. The van der Waals surface area contributed by atoms with Crippen molar-refractivity contribution in [3.05, 3.63) is 53.7 Å². The van der Waals surface area contributed by atoms with Crippen LogP contribution in [0.15, 0.2) is 52.5 Å². The van der Waals surface area contributed by atoms with E-state index in [1.54, 1.807) is 24.9 Å². The van der Waals surface area contributed by atoms with Gasteiger partial charge in [-0.1, -0.05) is 36.0 Å². The van der Waals surface area contributed by atoms with Crippen LogP contribution in [0.5, 0.6) is 0 Å².